The first kappa shape index (κ1) is 14.9. The summed E-state index contributed by atoms with van der Waals surface area (Å²) in [6.07, 6.45) is 1.25. The quantitative estimate of drug-likeness (QED) is 0.801. The molecule has 1 aliphatic rings. The van der Waals surface area contributed by atoms with Gasteiger partial charge in [-0.3, -0.25) is 4.90 Å². The Morgan fingerprint density at radius 1 is 1.35 bits per heavy atom. The first-order valence-corrected chi connectivity index (χ1v) is 7.79. The fourth-order valence-electron chi connectivity index (χ4n) is 2.15. The van der Waals surface area contributed by atoms with Crippen molar-refractivity contribution >= 4 is 10.0 Å². The number of hydrogen-bond acceptors (Lipinski definition) is 5. The third-order valence-electron chi connectivity index (χ3n) is 3.77. The number of rotatable bonds is 2. The minimum Gasteiger partial charge on any atom is -0.299 e. The Morgan fingerprint density at radius 2 is 2.05 bits per heavy atom. The van der Waals surface area contributed by atoms with Crippen molar-refractivity contribution in [3.8, 4) is 6.07 Å². The van der Waals surface area contributed by atoms with Gasteiger partial charge in [0, 0.05) is 31.4 Å². The molecule has 6 nitrogen and oxygen atoms in total. The van der Waals surface area contributed by atoms with Gasteiger partial charge in [-0.15, -0.1) is 0 Å². The molecule has 7 heteroatoms. The molecule has 0 aliphatic carbocycles. The molecular formula is C13H18N4O2S. The Kier molecular flexibility index (Phi) is 3.82. The highest BCUT2D eigenvalue weighted by atomic mass is 32.2. The lowest BCUT2D eigenvalue weighted by molar-refractivity contribution is 0.0801. The van der Waals surface area contributed by atoms with E-state index in [-0.39, 0.29) is 16.1 Å². The van der Waals surface area contributed by atoms with Gasteiger partial charge in [0.05, 0.1) is 0 Å². The zero-order chi connectivity index (χ0) is 15.0. The lowest BCUT2D eigenvalue weighted by Crippen LogP contribution is -2.58. The van der Waals surface area contributed by atoms with Crippen LogP contribution in [0.1, 0.15) is 19.5 Å². The number of hydrogen-bond donors (Lipinski definition) is 0. The molecule has 0 spiro atoms. The van der Waals surface area contributed by atoms with Crippen molar-refractivity contribution in [1.29, 1.82) is 5.26 Å². The molecule has 20 heavy (non-hydrogen) atoms. The Morgan fingerprint density at radius 3 is 2.55 bits per heavy atom. The maximum absolute atomic E-state index is 12.6. The minimum absolute atomic E-state index is 0.136. The molecule has 0 aromatic carbocycles. The summed E-state index contributed by atoms with van der Waals surface area (Å²) < 4.78 is 26.6. The normalized spacial score (nSPS) is 20.5. The highest BCUT2D eigenvalue weighted by Gasteiger charge is 2.37. The lowest BCUT2D eigenvalue weighted by Gasteiger charge is -2.44. The molecule has 2 heterocycles. The summed E-state index contributed by atoms with van der Waals surface area (Å²) in [5, 5.41) is 8.70. The first-order chi connectivity index (χ1) is 9.27. The van der Waals surface area contributed by atoms with Crippen LogP contribution >= 0.6 is 0 Å². The van der Waals surface area contributed by atoms with E-state index in [1.807, 2.05) is 27.0 Å². The minimum atomic E-state index is -3.55. The second kappa shape index (κ2) is 5.13. The molecule has 1 aromatic heterocycles. The number of pyridine rings is 1. The summed E-state index contributed by atoms with van der Waals surface area (Å²) in [4.78, 5) is 6.12. The van der Waals surface area contributed by atoms with Crippen LogP contribution in [0.4, 0.5) is 0 Å². The van der Waals surface area contributed by atoms with Crippen molar-refractivity contribution in [2.24, 2.45) is 0 Å². The predicted octanol–water partition coefficient (Wildman–Crippen LogP) is 0.668. The van der Waals surface area contributed by atoms with Crippen LogP contribution in [0.3, 0.4) is 0 Å². The van der Waals surface area contributed by atoms with E-state index < -0.39 is 10.0 Å². The summed E-state index contributed by atoms with van der Waals surface area (Å²) in [6.45, 7) is 5.63. The number of aromatic nitrogens is 1. The van der Waals surface area contributed by atoms with Gasteiger partial charge in [0.1, 0.15) is 16.7 Å². The number of nitrogens with zero attached hydrogens (tertiary/aromatic N) is 4. The number of sulfonamides is 1. The zero-order valence-electron chi connectivity index (χ0n) is 11.9. The van der Waals surface area contributed by atoms with Crippen LogP contribution in [0, 0.1) is 11.3 Å². The van der Waals surface area contributed by atoms with Crippen molar-refractivity contribution < 1.29 is 8.42 Å². The molecule has 1 aromatic rings. The van der Waals surface area contributed by atoms with Crippen LogP contribution < -0.4 is 0 Å². The van der Waals surface area contributed by atoms with E-state index in [0.717, 1.165) is 0 Å². The van der Waals surface area contributed by atoms with Crippen molar-refractivity contribution in [3.05, 3.63) is 24.0 Å². The average Bonchev–Trinajstić information content (AvgIpc) is 2.41. The third-order valence-corrected chi connectivity index (χ3v) is 5.60. The lowest BCUT2D eigenvalue weighted by atomic mass is 10.0. The van der Waals surface area contributed by atoms with Gasteiger partial charge < -0.3 is 0 Å². The molecule has 2 rings (SSSR count). The molecule has 0 unspecified atom stereocenters. The molecule has 0 radical (unpaired) electrons. The second-order valence-corrected chi connectivity index (χ2v) is 7.50. The molecule has 1 fully saturated rings. The molecule has 108 valence electrons. The average molecular weight is 294 g/mol. The number of likely N-dealkylation sites (N-methyl/N-ethyl adjacent to an activating group) is 1. The van der Waals surface area contributed by atoms with Gasteiger partial charge in [0.2, 0.25) is 10.0 Å². The standard InChI is InChI=1S/C13H18N4O2S/c1-13(2)10-17(7-6-16(13)3)20(18,19)12-5-4-11(8-14)15-9-12/h4-5,9H,6-7,10H2,1-3H3. The Labute approximate surface area is 119 Å². The van der Waals surface area contributed by atoms with Crippen molar-refractivity contribution in [2.45, 2.75) is 24.3 Å². The van der Waals surface area contributed by atoms with Crippen LogP contribution in [0.25, 0.3) is 0 Å². The molecule has 0 bridgehead atoms. The van der Waals surface area contributed by atoms with Crippen LogP contribution in [-0.4, -0.2) is 54.8 Å². The highest BCUT2D eigenvalue weighted by molar-refractivity contribution is 7.89. The van der Waals surface area contributed by atoms with Gasteiger partial charge in [-0.25, -0.2) is 13.4 Å². The summed E-state index contributed by atoms with van der Waals surface area (Å²) in [6, 6.07) is 4.74. The maximum atomic E-state index is 12.6. The van der Waals surface area contributed by atoms with Crippen molar-refractivity contribution in [1.82, 2.24) is 14.2 Å². The first-order valence-electron chi connectivity index (χ1n) is 6.35. The van der Waals surface area contributed by atoms with Crippen LogP contribution in [-0.2, 0) is 10.0 Å². The van der Waals surface area contributed by atoms with E-state index in [9.17, 15) is 8.42 Å². The SMILES string of the molecule is CN1CCN(S(=O)(=O)c2ccc(C#N)nc2)CC1(C)C. The topological polar surface area (TPSA) is 77.3 Å². The summed E-state index contributed by atoms with van der Waals surface area (Å²) in [5.74, 6) is 0. The van der Waals surface area contributed by atoms with E-state index >= 15 is 0 Å². The fourth-order valence-corrected chi connectivity index (χ4v) is 3.68. The maximum Gasteiger partial charge on any atom is 0.244 e. The summed E-state index contributed by atoms with van der Waals surface area (Å²) in [7, 11) is -1.55. The Hall–Kier alpha value is -1.49. The van der Waals surface area contributed by atoms with Gasteiger partial charge >= 0.3 is 0 Å². The molecule has 1 aliphatic heterocycles. The molecule has 0 saturated carbocycles. The molecular weight excluding hydrogens is 276 g/mol. The van der Waals surface area contributed by atoms with E-state index in [1.165, 1.54) is 22.6 Å². The van der Waals surface area contributed by atoms with Crippen LogP contribution in [0.5, 0.6) is 0 Å². The van der Waals surface area contributed by atoms with Crippen molar-refractivity contribution in [3.63, 3.8) is 0 Å². The number of nitriles is 1. The number of piperazine rings is 1. The molecule has 0 N–H and O–H groups in total. The van der Waals surface area contributed by atoms with Gasteiger partial charge in [0.25, 0.3) is 0 Å². The predicted molar refractivity (Wildman–Crippen MR) is 74.4 cm³/mol. The van der Waals surface area contributed by atoms with E-state index in [0.29, 0.717) is 19.6 Å². The zero-order valence-corrected chi connectivity index (χ0v) is 12.7. The molecule has 0 amide bonds. The van der Waals surface area contributed by atoms with E-state index in [1.54, 1.807) is 0 Å². The van der Waals surface area contributed by atoms with E-state index in [2.05, 4.69) is 9.88 Å². The van der Waals surface area contributed by atoms with Gasteiger partial charge in [-0.05, 0) is 33.0 Å². The largest absolute Gasteiger partial charge is 0.299 e. The Balaban J connectivity index is 2.29. The fraction of sp³-hybridized carbons (Fsp3) is 0.538. The smallest absolute Gasteiger partial charge is 0.244 e. The third kappa shape index (κ3) is 2.68. The second-order valence-electron chi connectivity index (χ2n) is 5.56. The van der Waals surface area contributed by atoms with Gasteiger partial charge in [0.15, 0.2) is 0 Å². The highest BCUT2D eigenvalue weighted by Crippen LogP contribution is 2.24. The van der Waals surface area contributed by atoms with Crippen LogP contribution in [0.15, 0.2) is 23.2 Å². The van der Waals surface area contributed by atoms with E-state index in [4.69, 9.17) is 5.26 Å². The van der Waals surface area contributed by atoms with Crippen LogP contribution in [0.2, 0.25) is 0 Å². The van der Waals surface area contributed by atoms with Gasteiger partial charge in [-0.1, -0.05) is 0 Å². The summed E-state index contributed by atoms with van der Waals surface area (Å²) >= 11 is 0. The van der Waals surface area contributed by atoms with Crippen molar-refractivity contribution in [2.75, 3.05) is 26.7 Å². The Bertz CT molecular complexity index is 631. The monoisotopic (exact) mass is 294 g/mol. The molecule has 0 atom stereocenters. The molecule has 1 saturated heterocycles. The van der Waals surface area contributed by atoms with Gasteiger partial charge in [-0.2, -0.15) is 9.57 Å². The summed E-state index contributed by atoms with van der Waals surface area (Å²) in [5.41, 5.74) is 0.00776.